The van der Waals surface area contributed by atoms with Crippen LogP contribution in [0.25, 0.3) is 0 Å². The molecule has 5 rings (SSSR count). The van der Waals surface area contributed by atoms with E-state index >= 15 is 0 Å². The van der Waals surface area contributed by atoms with Crippen molar-refractivity contribution in [3.8, 4) is 23.3 Å². The number of aryl methyl sites for hydroxylation is 1. The van der Waals surface area contributed by atoms with Gasteiger partial charge in [0, 0.05) is 36.2 Å². The quantitative estimate of drug-likeness (QED) is 0.162. The Morgan fingerprint density at radius 3 is 2.82 bits per heavy atom. The average Bonchev–Trinajstić information content (AvgIpc) is 3.49. The molecule has 0 radical (unpaired) electrons. The normalized spacial score (nSPS) is 26.8. The summed E-state index contributed by atoms with van der Waals surface area (Å²) in [5, 5.41) is 46.8. The lowest BCUT2D eigenvalue weighted by Crippen LogP contribution is -2.37. The molecule has 0 saturated heterocycles. The van der Waals surface area contributed by atoms with E-state index in [9.17, 15) is 20.4 Å². The summed E-state index contributed by atoms with van der Waals surface area (Å²) in [6.45, 7) is 2.65. The van der Waals surface area contributed by atoms with Crippen LogP contribution >= 0.6 is 0 Å². The lowest BCUT2D eigenvalue weighted by Gasteiger charge is -2.31. The minimum absolute atomic E-state index is 0.00237. The standard InChI is InChI=1S/C37H51N3O5/c1-2-37-15-3-6-26(13-17-37)36(44)31(8-4-16-37)32(42)11-9-25-10-12-33(43)34(20-25)45-30(24-41)22-28(21-29-7-5-18-39-29)27-14-19-40-35(38)23-27/h5,7,10,12,14,18,20,23,26,28,30-32,36,39-44H,2-3,6,8-9,11,13,15,17,19,21-22,24,38H2,1H3/t26-,28+,30+,31+,32-,36+,37-/m1/s1. The molecule has 2 aromatic rings. The monoisotopic (exact) mass is 617 g/mol. The number of hydrogen-bond donors (Lipinski definition) is 7. The Bertz CT molecular complexity index is 1380. The fourth-order valence-electron chi connectivity index (χ4n) is 7.48. The third kappa shape index (κ3) is 8.46. The third-order valence-corrected chi connectivity index (χ3v) is 10.4. The van der Waals surface area contributed by atoms with Crippen molar-refractivity contribution in [2.75, 3.05) is 13.2 Å². The number of phenols is 1. The highest BCUT2D eigenvalue weighted by atomic mass is 16.5. The van der Waals surface area contributed by atoms with Gasteiger partial charge in [0.25, 0.3) is 0 Å². The molecular weight excluding hydrogens is 566 g/mol. The number of ether oxygens (including phenoxy) is 1. The van der Waals surface area contributed by atoms with E-state index in [0.717, 1.165) is 61.8 Å². The van der Waals surface area contributed by atoms with Crippen molar-refractivity contribution in [1.29, 1.82) is 0 Å². The molecule has 7 atom stereocenters. The van der Waals surface area contributed by atoms with E-state index in [1.807, 2.05) is 30.5 Å². The van der Waals surface area contributed by atoms with E-state index in [-0.39, 0.29) is 35.5 Å². The smallest absolute Gasteiger partial charge is 0.161 e. The number of aromatic nitrogens is 1. The molecule has 2 bridgehead atoms. The van der Waals surface area contributed by atoms with E-state index in [0.29, 0.717) is 43.8 Å². The SMILES string of the molecule is CC[C@]12C#CC[C@@H]([C@H](O)CCc3ccc(O)c(O[C@H](CO)C[C@H](Cc4ccc[nH]4)C4=CCNC(N)=C4)c3)[C@@H](O)[C@H](CCC1)CC2. The second kappa shape index (κ2) is 15.3. The van der Waals surface area contributed by atoms with Gasteiger partial charge >= 0.3 is 0 Å². The summed E-state index contributed by atoms with van der Waals surface area (Å²) in [7, 11) is 0. The van der Waals surface area contributed by atoms with Crippen molar-refractivity contribution in [2.24, 2.45) is 28.9 Å². The van der Waals surface area contributed by atoms with Crippen molar-refractivity contribution in [1.82, 2.24) is 10.3 Å². The van der Waals surface area contributed by atoms with Gasteiger partial charge < -0.3 is 41.2 Å². The molecule has 8 N–H and O–H groups in total. The number of aromatic hydroxyl groups is 1. The first kappa shape index (κ1) is 33.0. The van der Waals surface area contributed by atoms with Gasteiger partial charge in [-0.3, -0.25) is 0 Å². The number of benzene rings is 1. The van der Waals surface area contributed by atoms with Crippen LogP contribution in [0, 0.1) is 35.0 Å². The molecule has 0 unspecified atom stereocenters. The molecule has 244 valence electrons. The number of H-pyrrole nitrogens is 1. The Morgan fingerprint density at radius 1 is 1.20 bits per heavy atom. The van der Waals surface area contributed by atoms with E-state index < -0.39 is 18.3 Å². The fraction of sp³-hybridized carbons (Fsp3) is 0.568. The van der Waals surface area contributed by atoms with Crippen LogP contribution in [0.1, 0.15) is 76.0 Å². The number of nitrogens with two attached hydrogens (primary N) is 1. The summed E-state index contributed by atoms with van der Waals surface area (Å²) in [5.74, 6) is 7.79. The Labute approximate surface area is 267 Å². The van der Waals surface area contributed by atoms with Crippen LogP contribution in [0.15, 0.2) is 60.1 Å². The van der Waals surface area contributed by atoms with Gasteiger partial charge in [-0.1, -0.05) is 31.4 Å². The predicted molar refractivity (Wildman–Crippen MR) is 176 cm³/mol. The summed E-state index contributed by atoms with van der Waals surface area (Å²) in [6.07, 6.45) is 13.1. The molecule has 0 spiro atoms. The van der Waals surface area contributed by atoms with Gasteiger partial charge in [-0.15, -0.1) is 5.92 Å². The summed E-state index contributed by atoms with van der Waals surface area (Å²) >= 11 is 0. The Hall–Kier alpha value is -3.38. The Morgan fingerprint density at radius 2 is 2.07 bits per heavy atom. The van der Waals surface area contributed by atoms with Crippen LogP contribution in [0.3, 0.4) is 0 Å². The van der Waals surface area contributed by atoms with Gasteiger partial charge in [0.2, 0.25) is 0 Å². The maximum absolute atomic E-state index is 11.4. The van der Waals surface area contributed by atoms with Crippen molar-refractivity contribution in [2.45, 2.75) is 95.9 Å². The van der Waals surface area contributed by atoms with Crippen LogP contribution < -0.4 is 15.8 Å². The minimum Gasteiger partial charge on any atom is -0.504 e. The molecular formula is C37H51N3O5. The van der Waals surface area contributed by atoms with E-state index in [1.165, 1.54) is 0 Å². The number of aliphatic hydroxyl groups is 3. The second-order valence-electron chi connectivity index (χ2n) is 13.3. The highest BCUT2D eigenvalue weighted by Crippen LogP contribution is 2.43. The summed E-state index contributed by atoms with van der Waals surface area (Å²) < 4.78 is 6.23. The molecule has 1 aliphatic heterocycles. The molecule has 8 nitrogen and oxygen atoms in total. The van der Waals surface area contributed by atoms with E-state index in [2.05, 4.69) is 35.1 Å². The number of rotatable bonds is 13. The lowest BCUT2D eigenvalue weighted by molar-refractivity contribution is -0.0231. The molecule has 1 saturated carbocycles. The fourth-order valence-corrected chi connectivity index (χ4v) is 7.48. The van der Waals surface area contributed by atoms with Crippen molar-refractivity contribution < 1.29 is 25.2 Å². The Kier molecular flexibility index (Phi) is 11.2. The van der Waals surface area contributed by atoms with Gasteiger partial charge in [-0.2, -0.15) is 0 Å². The number of aromatic amines is 1. The number of phenolic OH excluding ortho intramolecular Hbond substituents is 1. The molecule has 2 aliphatic carbocycles. The van der Waals surface area contributed by atoms with Crippen LogP contribution in [0.5, 0.6) is 11.5 Å². The molecule has 0 amide bonds. The maximum atomic E-state index is 11.4. The van der Waals surface area contributed by atoms with Gasteiger partial charge in [0.05, 0.1) is 24.6 Å². The van der Waals surface area contributed by atoms with Gasteiger partial charge in [0.15, 0.2) is 11.5 Å². The van der Waals surface area contributed by atoms with Crippen molar-refractivity contribution >= 4 is 0 Å². The zero-order chi connectivity index (χ0) is 31.8. The minimum atomic E-state index is -0.693. The number of fused-ring (bicyclic) bond motifs is 3. The van der Waals surface area contributed by atoms with E-state index in [1.54, 1.807) is 12.1 Å². The van der Waals surface area contributed by atoms with Crippen molar-refractivity contribution in [3.63, 3.8) is 0 Å². The van der Waals surface area contributed by atoms with Crippen molar-refractivity contribution in [3.05, 3.63) is 71.3 Å². The molecule has 1 fully saturated rings. The number of dihydropyridines is 1. The first-order chi connectivity index (χ1) is 21.8. The first-order valence-corrected chi connectivity index (χ1v) is 16.8. The lowest BCUT2D eigenvalue weighted by atomic mass is 9.78. The highest BCUT2D eigenvalue weighted by Gasteiger charge is 2.38. The van der Waals surface area contributed by atoms with Gasteiger partial charge in [-0.25, -0.2) is 0 Å². The zero-order valence-electron chi connectivity index (χ0n) is 26.5. The zero-order valence-corrected chi connectivity index (χ0v) is 26.5. The van der Waals surface area contributed by atoms with Crippen LogP contribution in [0.2, 0.25) is 0 Å². The van der Waals surface area contributed by atoms with Gasteiger partial charge in [-0.05, 0) is 111 Å². The summed E-state index contributed by atoms with van der Waals surface area (Å²) in [5.41, 5.74) is 9.19. The largest absolute Gasteiger partial charge is 0.504 e. The predicted octanol–water partition coefficient (Wildman–Crippen LogP) is 4.69. The van der Waals surface area contributed by atoms with Gasteiger partial charge in [0.1, 0.15) is 6.10 Å². The van der Waals surface area contributed by atoms with E-state index in [4.69, 9.17) is 10.5 Å². The van der Waals surface area contributed by atoms with Crippen LogP contribution in [-0.4, -0.2) is 56.9 Å². The molecule has 45 heavy (non-hydrogen) atoms. The Balaban J connectivity index is 1.24. The maximum Gasteiger partial charge on any atom is 0.161 e. The summed E-state index contributed by atoms with van der Waals surface area (Å²) in [4.78, 5) is 3.27. The molecule has 3 aliphatic rings. The van der Waals surface area contributed by atoms with Crippen LogP contribution in [-0.2, 0) is 12.8 Å². The van der Waals surface area contributed by atoms with Crippen LogP contribution in [0.4, 0.5) is 0 Å². The second-order valence-corrected chi connectivity index (χ2v) is 13.3. The molecule has 8 heteroatoms. The summed E-state index contributed by atoms with van der Waals surface area (Å²) in [6, 6.07) is 9.24. The molecule has 1 aromatic carbocycles. The first-order valence-electron chi connectivity index (χ1n) is 16.8. The number of allylic oxidation sites excluding steroid dienone is 2. The highest BCUT2D eigenvalue weighted by molar-refractivity contribution is 5.42. The molecule has 2 heterocycles. The molecule has 1 aromatic heterocycles. The number of hydrogen-bond acceptors (Lipinski definition) is 7. The topological polar surface area (TPSA) is 144 Å². The average molecular weight is 618 g/mol. The third-order valence-electron chi connectivity index (χ3n) is 10.4. The number of nitrogens with one attached hydrogen (secondary N) is 2. The number of aliphatic hydroxyl groups excluding tert-OH is 3.